The zero-order chi connectivity index (χ0) is 16.9. The largest absolute Gasteiger partial charge is 0.493 e. The highest BCUT2D eigenvalue weighted by Crippen LogP contribution is 2.45. The summed E-state index contributed by atoms with van der Waals surface area (Å²) in [5, 5.41) is 3.20. The smallest absolute Gasteiger partial charge is 0.318 e. The first-order chi connectivity index (χ1) is 11.7. The molecular weight excluding hydrogens is 324 g/mol. The van der Waals surface area contributed by atoms with Crippen molar-refractivity contribution in [3.05, 3.63) is 23.8 Å². The van der Waals surface area contributed by atoms with Gasteiger partial charge in [-0.25, -0.2) is 4.79 Å². The molecule has 0 radical (unpaired) electrons. The van der Waals surface area contributed by atoms with E-state index in [1.165, 1.54) is 19.3 Å². The average Bonchev–Trinajstić information content (AvgIpc) is 3.11. The minimum atomic E-state index is -0.0290. The molecule has 1 aromatic rings. The van der Waals surface area contributed by atoms with Gasteiger partial charge in [-0.3, -0.25) is 0 Å². The molecule has 0 aromatic heterocycles. The van der Waals surface area contributed by atoms with Crippen molar-refractivity contribution in [2.24, 2.45) is 0 Å². The third kappa shape index (κ3) is 3.58. The molecule has 2 amide bonds. The summed E-state index contributed by atoms with van der Waals surface area (Å²) in [6.07, 6.45) is 5.91. The van der Waals surface area contributed by atoms with Gasteiger partial charge in [0.1, 0.15) is 5.37 Å². The van der Waals surface area contributed by atoms with E-state index < -0.39 is 0 Å². The zero-order valence-electron chi connectivity index (χ0n) is 14.4. The molecule has 1 unspecified atom stereocenters. The molecule has 1 saturated carbocycles. The number of carbonyl (C=O) groups excluding carboxylic acids is 1. The van der Waals surface area contributed by atoms with Crippen LogP contribution in [0.5, 0.6) is 11.5 Å². The van der Waals surface area contributed by atoms with Gasteiger partial charge in [0.2, 0.25) is 0 Å². The number of thioether (sulfide) groups is 1. The number of benzene rings is 1. The minimum Gasteiger partial charge on any atom is -0.493 e. The Morgan fingerprint density at radius 2 is 2.00 bits per heavy atom. The van der Waals surface area contributed by atoms with Gasteiger partial charge in [0.05, 0.1) is 14.2 Å². The molecule has 2 aliphatic rings. The van der Waals surface area contributed by atoms with Crippen molar-refractivity contribution in [1.82, 2.24) is 10.2 Å². The second-order valence-corrected chi connectivity index (χ2v) is 7.47. The molecule has 0 spiro atoms. The van der Waals surface area contributed by atoms with Crippen LogP contribution in [0.2, 0.25) is 0 Å². The van der Waals surface area contributed by atoms with E-state index in [1.54, 1.807) is 26.0 Å². The van der Waals surface area contributed by atoms with Crippen LogP contribution in [0.3, 0.4) is 0 Å². The highest BCUT2D eigenvalue weighted by molar-refractivity contribution is 7.99. The topological polar surface area (TPSA) is 50.8 Å². The van der Waals surface area contributed by atoms with Crippen LogP contribution in [0.1, 0.15) is 43.0 Å². The van der Waals surface area contributed by atoms with Gasteiger partial charge in [0, 0.05) is 23.9 Å². The van der Waals surface area contributed by atoms with Gasteiger partial charge in [0.15, 0.2) is 11.5 Å². The van der Waals surface area contributed by atoms with Crippen LogP contribution in [-0.2, 0) is 0 Å². The predicted octanol–water partition coefficient (Wildman–Crippen LogP) is 3.79. The molecule has 6 heteroatoms. The molecule has 132 valence electrons. The molecule has 3 rings (SSSR count). The second kappa shape index (κ2) is 8.01. The van der Waals surface area contributed by atoms with E-state index in [4.69, 9.17) is 9.47 Å². The van der Waals surface area contributed by atoms with Crippen LogP contribution in [0.25, 0.3) is 0 Å². The third-order valence-corrected chi connectivity index (χ3v) is 6.03. The average molecular weight is 350 g/mol. The normalized spacial score (nSPS) is 21.6. The van der Waals surface area contributed by atoms with Crippen molar-refractivity contribution in [3.8, 4) is 11.5 Å². The molecule has 1 aliphatic heterocycles. The minimum absolute atomic E-state index is 0.0290. The quantitative estimate of drug-likeness (QED) is 0.897. The summed E-state index contributed by atoms with van der Waals surface area (Å²) >= 11 is 1.77. The molecule has 1 atom stereocenters. The van der Waals surface area contributed by atoms with Gasteiger partial charge in [0.25, 0.3) is 0 Å². The fourth-order valence-electron chi connectivity index (χ4n) is 3.55. The van der Waals surface area contributed by atoms with E-state index >= 15 is 0 Å². The Morgan fingerprint density at radius 1 is 1.21 bits per heavy atom. The lowest BCUT2D eigenvalue weighted by Gasteiger charge is -2.29. The Labute approximate surface area is 148 Å². The number of methoxy groups -OCH3 is 2. The lowest BCUT2D eigenvalue weighted by molar-refractivity contribution is 0.191. The molecule has 24 heavy (non-hydrogen) atoms. The summed E-state index contributed by atoms with van der Waals surface area (Å²) < 4.78 is 11.0. The van der Waals surface area contributed by atoms with Crippen molar-refractivity contribution in [2.75, 3.05) is 26.5 Å². The van der Waals surface area contributed by atoms with E-state index in [9.17, 15) is 4.79 Å². The van der Waals surface area contributed by atoms with Gasteiger partial charge in [-0.2, -0.15) is 0 Å². The lowest BCUT2D eigenvalue weighted by Crippen LogP contribution is -2.45. The van der Waals surface area contributed by atoms with Crippen molar-refractivity contribution in [2.45, 2.75) is 43.5 Å². The summed E-state index contributed by atoms with van der Waals surface area (Å²) in [5.74, 6) is 2.35. The summed E-state index contributed by atoms with van der Waals surface area (Å²) in [7, 11) is 3.28. The SMILES string of the molecule is COc1cccc(C2SCCN2C(=O)NC2CCCCC2)c1OC. The fourth-order valence-corrected chi connectivity index (χ4v) is 4.82. The first-order valence-electron chi connectivity index (χ1n) is 8.64. The van der Waals surface area contributed by atoms with E-state index in [0.717, 1.165) is 36.5 Å². The molecule has 1 saturated heterocycles. The monoisotopic (exact) mass is 350 g/mol. The number of ether oxygens (including phenoxy) is 2. The van der Waals surface area contributed by atoms with Crippen molar-refractivity contribution >= 4 is 17.8 Å². The van der Waals surface area contributed by atoms with E-state index in [0.29, 0.717) is 11.8 Å². The van der Waals surface area contributed by atoms with Crippen LogP contribution < -0.4 is 14.8 Å². The number of amides is 2. The van der Waals surface area contributed by atoms with Gasteiger partial charge in [-0.15, -0.1) is 11.8 Å². The summed E-state index contributed by atoms with van der Waals surface area (Å²) in [5.41, 5.74) is 0.998. The summed E-state index contributed by atoms with van der Waals surface area (Å²) in [4.78, 5) is 14.7. The Morgan fingerprint density at radius 3 is 2.71 bits per heavy atom. The number of hydrogen-bond acceptors (Lipinski definition) is 4. The highest BCUT2D eigenvalue weighted by atomic mass is 32.2. The Kier molecular flexibility index (Phi) is 5.76. The molecule has 5 nitrogen and oxygen atoms in total. The number of urea groups is 1. The molecule has 0 bridgehead atoms. The maximum Gasteiger partial charge on any atom is 0.318 e. The number of para-hydroxylation sites is 1. The van der Waals surface area contributed by atoms with Gasteiger partial charge in [-0.1, -0.05) is 31.4 Å². The van der Waals surface area contributed by atoms with Crippen LogP contribution in [0.4, 0.5) is 4.79 Å². The highest BCUT2D eigenvalue weighted by Gasteiger charge is 2.34. The maximum absolute atomic E-state index is 12.8. The Balaban J connectivity index is 1.76. The third-order valence-electron chi connectivity index (χ3n) is 4.78. The molecular formula is C18H26N2O3S. The van der Waals surface area contributed by atoms with Crippen LogP contribution >= 0.6 is 11.8 Å². The number of rotatable bonds is 4. The van der Waals surface area contributed by atoms with Gasteiger partial charge >= 0.3 is 6.03 Å². The first kappa shape index (κ1) is 17.3. The molecule has 1 heterocycles. The standard InChI is InChI=1S/C18H26N2O3S/c1-22-15-10-6-9-14(16(15)23-2)17-20(11-12-24-17)18(21)19-13-7-4-3-5-8-13/h6,9-10,13,17H,3-5,7-8,11-12H2,1-2H3,(H,19,21). The Bertz CT molecular complexity index is 575. The fraction of sp³-hybridized carbons (Fsp3) is 0.611. The van der Waals surface area contributed by atoms with Crippen molar-refractivity contribution in [3.63, 3.8) is 0 Å². The predicted molar refractivity (Wildman–Crippen MR) is 96.9 cm³/mol. The van der Waals surface area contributed by atoms with Gasteiger partial charge in [-0.05, 0) is 18.9 Å². The molecule has 1 aromatic carbocycles. The maximum atomic E-state index is 12.8. The summed E-state index contributed by atoms with van der Waals surface area (Å²) in [6, 6.07) is 6.22. The number of carbonyl (C=O) groups is 1. The molecule has 1 aliphatic carbocycles. The van der Waals surface area contributed by atoms with Crippen molar-refractivity contribution in [1.29, 1.82) is 0 Å². The zero-order valence-corrected chi connectivity index (χ0v) is 15.2. The molecule has 2 fully saturated rings. The van der Waals surface area contributed by atoms with Crippen molar-refractivity contribution < 1.29 is 14.3 Å². The van der Waals surface area contributed by atoms with E-state index in [-0.39, 0.29) is 11.4 Å². The number of nitrogens with zero attached hydrogens (tertiary/aromatic N) is 1. The Hall–Kier alpha value is -1.56. The molecule has 1 N–H and O–H groups in total. The van der Waals surface area contributed by atoms with E-state index in [2.05, 4.69) is 5.32 Å². The van der Waals surface area contributed by atoms with Gasteiger partial charge < -0.3 is 19.7 Å². The summed E-state index contributed by atoms with van der Waals surface area (Å²) in [6.45, 7) is 0.758. The van der Waals surface area contributed by atoms with Crippen LogP contribution in [0, 0.1) is 0 Å². The van der Waals surface area contributed by atoms with Crippen LogP contribution in [-0.4, -0.2) is 43.5 Å². The van der Waals surface area contributed by atoms with Crippen LogP contribution in [0.15, 0.2) is 18.2 Å². The first-order valence-corrected chi connectivity index (χ1v) is 9.69. The number of hydrogen-bond donors (Lipinski definition) is 1. The lowest BCUT2D eigenvalue weighted by atomic mass is 9.96. The van der Waals surface area contributed by atoms with E-state index in [1.807, 2.05) is 23.1 Å². The second-order valence-electron chi connectivity index (χ2n) is 6.28. The number of nitrogens with one attached hydrogen (secondary N) is 1.